The van der Waals surface area contributed by atoms with Crippen molar-refractivity contribution in [2.45, 2.75) is 50.8 Å². The highest BCUT2D eigenvalue weighted by Gasteiger charge is 2.47. The Hall–Kier alpha value is -2.38. The molecule has 1 aromatic rings. The lowest BCUT2D eigenvalue weighted by molar-refractivity contribution is -0.141. The number of hydrogen-bond donors (Lipinski definition) is 1. The molecule has 3 unspecified atom stereocenters. The van der Waals surface area contributed by atoms with Gasteiger partial charge in [-0.3, -0.25) is 4.79 Å². The van der Waals surface area contributed by atoms with Crippen LogP contribution in [0.4, 0.5) is 8.78 Å². The Morgan fingerprint density at radius 2 is 1.96 bits per heavy atom. The molecule has 8 heteroatoms. The summed E-state index contributed by atoms with van der Waals surface area (Å²) >= 11 is 0. The van der Waals surface area contributed by atoms with Gasteiger partial charge in [0.05, 0.1) is 7.11 Å². The summed E-state index contributed by atoms with van der Waals surface area (Å²) in [5, 5.41) is 9.54. The fourth-order valence-corrected chi connectivity index (χ4v) is 4.12. The third-order valence-electron chi connectivity index (χ3n) is 5.23. The molecule has 1 aromatic carbocycles. The number of amides is 1. The molecule has 3 atom stereocenters. The molecule has 0 spiro atoms. The molecule has 2 fully saturated rings. The summed E-state index contributed by atoms with van der Waals surface area (Å²) in [5.41, 5.74) is 0.110. The van der Waals surface area contributed by atoms with Gasteiger partial charge in [-0.1, -0.05) is 12.8 Å². The van der Waals surface area contributed by atoms with Crippen LogP contribution in [0.3, 0.4) is 0 Å². The minimum Gasteiger partial charge on any atom is -0.493 e. The zero-order valence-electron chi connectivity index (χ0n) is 14.4. The molecule has 1 amide bonds. The zero-order chi connectivity index (χ0) is 18.8. The highest BCUT2D eigenvalue weighted by molar-refractivity contribution is 5.98. The minimum atomic E-state index is -3.06. The van der Waals surface area contributed by atoms with Crippen molar-refractivity contribution in [1.29, 1.82) is 0 Å². The topological polar surface area (TPSA) is 76.1 Å². The predicted octanol–water partition coefficient (Wildman–Crippen LogP) is 3.15. The second-order valence-electron chi connectivity index (χ2n) is 6.66. The summed E-state index contributed by atoms with van der Waals surface area (Å²) < 4.78 is 34.6. The molecule has 1 saturated heterocycles. The van der Waals surface area contributed by atoms with E-state index in [9.17, 15) is 23.5 Å². The van der Waals surface area contributed by atoms with Gasteiger partial charge in [0.2, 0.25) is 0 Å². The number of rotatable bonds is 5. The number of carboxylic acids is 1. The summed E-state index contributed by atoms with van der Waals surface area (Å²) in [7, 11) is 1.31. The molecule has 1 saturated carbocycles. The number of halogens is 2. The van der Waals surface area contributed by atoms with Crippen molar-refractivity contribution >= 4 is 11.9 Å². The van der Waals surface area contributed by atoms with Gasteiger partial charge in [0.25, 0.3) is 5.91 Å². The number of carbonyl (C=O) groups is 2. The smallest absolute Gasteiger partial charge is 0.387 e. The van der Waals surface area contributed by atoms with Crippen LogP contribution >= 0.6 is 0 Å². The number of carbonyl (C=O) groups excluding carboxylic acids is 1. The van der Waals surface area contributed by atoms with Gasteiger partial charge >= 0.3 is 12.6 Å². The van der Waals surface area contributed by atoms with Crippen LogP contribution in [0.15, 0.2) is 18.2 Å². The molecule has 142 valence electrons. The van der Waals surface area contributed by atoms with Crippen molar-refractivity contribution in [2.24, 2.45) is 5.92 Å². The third-order valence-corrected chi connectivity index (χ3v) is 5.23. The SMILES string of the molecule is COc1ccc(C(=O)N2C(C(=O)O)CC3CCCCC32)cc1OC(F)F. The second kappa shape index (κ2) is 7.47. The Labute approximate surface area is 149 Å². The van der Waals surface area contributed by atoms with E-state index < -0.39 is 24.5 Å². The number of fused-ring (bicyclic) bond motifs is 1. The van der Waals surface area contributed by atoms with E-state index in [-0.39, 0.29) is 29.0 Å². The number of aliphatic carboxylic acids is 1. The summed E-state index contributed by atoms with van der Waals surface area (Å²) in [4.78, 5) is 26.1. The number of hydrogen-bond acceptors (Lipinski definition) is 4. The monoisotopic (exact) mass is 369 g/mol. The van der Waals surface area contributed by atoms with E-state index in [0.29, 0.717) is 6.42 Å². The van der Waals surface area contributed by atoms with Gasteiger partial charge in [0, 0.05) is 11.6 Å². The summed E-state index contributed by atoms with van der Waals surface area (Å²) in [6.07, 6.45) is 4.07. The van der Waals surface area contributed by atoms with Crippen LogP contribution in [0.1, 0.15) is 42.5 Å². The Kier molecular flexibility index (Phi) is 5.29. The van der Waals surface area contributed by atoms with Crippen LogP contribution in [0.25, 0.3) is 0 Å². The maximum absolute atomic E-state index is 13.0. The average molecular weight is 369 g/mol. The number of methoxy groups -OCH3 is 1. The lowest BCUT2D eigenvalue weighted by Crippen LogP contribution is -2.46. The fourth-order valence-electron chi connectivity index (χ4n) is 4.12. The van der Waals surface area contributed by atoms with Gasteiger partial charge in [0.1, 0.15) is 6.04 Å². The summed E-state index contributed by atoms with van der Waals surface area (Å²) in [6.45, 7) is -3.06. The zero-order valence-corrected chi connectivity index (χ0v) is 14.4. The van der Waals surface area contributed by atoms with Gasteiger partial charge in [-0.15, -0.1) is 0 Å². The van der Waals surface area contributed by atoms with E-state index in [2.05, 4.69) is 4.74 Å². The van der Waals surface area contributed by atoms with Gasteiger partial charge in [0.15, 0.2) is 11.5 Å². The molecule has 0 aromatic heterocycles. The summed E-state index contributed by atoms with van der Waals surface area (Å²) in [5.74, 6) is -1.52. The largest absolute Gasteiger partial charge is 0.493 e. The summed E-state index contributed by atoms with van der Waals surface area (Å²) in [6, 6.07) is 2.97. The van der Waals surface area contributed by atoms with E-state index >= 15 is 0 Å². The van der Waals surface area contributed by atoms with Crippen LogP contribution in [0.5, 0.6) is 11.5 Å². The first-order valence-electron chi connectivity index (χ1n) is 8.60. The lowest BCUT2D eigenvalue weighted by Gasteiger charge is -2.33. The first-order valence-corrected chi connectivity index (χ1v) is 8.60. The van der Waals surface area contributed by atoms with Crippen LogP contribution in [-0.4, -0.2) is 47.7 Å². The molecule has 1 N–H and O–H groups in total. The molecule has 1 aliphatic heterocycles. The van der Waals surface area contributed by atoms with Gasteiger partial charge < -0.3 is 19.5 Å². The van der Waals surface area contributed by atoms with Crippen molar-refractivity contribution in [2.75, 3.05) is 7.11 Å². The average Bonchev–Trinajstić information content (AvgIpc) is 3.00. The molecule has 0 radical (unpaired) electrons. The van der Waals surface area contributed by atoms with E-state index in [4.69, 9.17) is 4.74 Å². The maximum atomic E-state index is 13.0. The van der Waals surface area contributed by atoms with E-state index in [0.717, 1.165) is 25.7 Å². The highest BCUT2D eigenvalue weighted by atomic mass is 19.3. The van der Waals surface area contributed by atoms with Crippen molar-refractivity contribution in [1.82, 2.24) is 4.90 Å². The molecule has 2 aliphatic rings. The molecular weight excluding hydrogens is 348 g/mol. The first-order chi connectivity index (χ1) is 12.4. The number of benzene rings is 1. The molecule has 0 bridgehead atoms. The molecule has 1 heterocycles. The standard InChI is InChI=1S/C18H21F2NO5/c1-25-14-7-6-11(9-15(14)26-18(19)20)16(22)21-12-5-3-2-4-10(12)8-13(21)17(23)24/h6-7,9-10,12-13,18H,2-5,8H2,1H3,(H,23,24). The molecule has 26 heavy (non-hydrogen) atoms. The maximum Gasteiger partial charge on any atom is 0.387 e. The molecule has 6 nitrogen and oxygen atoms in total. The van der Waals surface area contributed by atoms with Crippen molar-refractivity contribution in [3.05, 3.63) is 23.8 Å². The number of nitrogens with zero attached hydrogens (tertiary/aromatic N) is 1. The Bertz CT molecular complexity index is 696. The van der Waals surface area contributed by atoms with Crippen LogP contribution < -0.4 is 9.47 Å². The minimum absolute atomic E-state index is 0.0774. The van der Waals surface area contributed by atoms with E-state index in [1.54, 1.807) is 0 Å². The Morgan fingerprint density at radius 1 is 1.23 bits per heavy atom. The molecular formula is C18H21F2NO5. The van der Waals surface area contributed by atoms with Crippen molar-refractivity contribution < 1.29 is 33.0 Å². The molecule has 3 rings (SSSR count). The number of ether oxygens (including phenoxy) is 2. The normalized spacial score (nSPS) is 25.1. The van der Waals surface area contributed by atoms with Gasteiger partial charge in [-0.2, -0.15) is 8.78 Å². The Morgan fingerprint density at radius 3 is 2.62 bits per heavy atom. The van der Waals surface area contributed by atoms with E-state index in [1.165, 1.54) is 30.2 Å². The third kappa shape index (κ3) is 3.45. The first kappa shape index (κ1) is 18.4. The van der Waals surface area contributed by atoms with Crippen LogP contribution in [0, 0.1) is 5.92 Å². The number of carboxylic acid groups (broad SMARTS) is 1. The van der Waals surface area contributed by atoms with Gasteiger partial charge in [-0.05, 0) is 43.4 Å². The number of alkyl halides is 2. The highest BCUT2D eigenvalue weighted by Crippen LogP contribution is 2.41. The van der Waals surface area contributed by atoms with Crippen LogP contribution in [0.2, 0.25) is 0 Å². The van der Waals surface area contributed by atoms with Crippen LogP contribution in [-0.2, 0) is 4.79 Å². The fraction of sp³-hybridized carbons (Fsp3) is 0.556. The van der Waals surface area contributed by atoms with Crippen molar-refractivity contribution in [3.63, 3.8) is 0 Å². The second-order valence-corrected chi connectivity index (χ2v) is 6.66. The van der Waals surface area contributed by atoms with Crippen molar-refractivity contribution in [3.8, 4) is 11.5 Å². The lowest BCUT2D eigenvalue weighted by atomic mass is 9.84. The molecule has 1 aliphatic carbocycles. The number of likely N-dealkylation sites (tertiary alicyclic amines) is 1. The Balaban J connectivity index is 1.92. The predicted molar refractivity (Wildman–Crippen MR) is 87.6 cm³/mol. The quantitative estimate of drug-likeness (QED) is 0.863. The van der Waals surface area contributed by atoms with E-state index in [1.807, 2.05) is 0 Å². The van der Waals surface area contributed by atoms with Gasteiger partial charge in [-0.25, -0.2) is 4.79 Å².